The number of nitro groups is 1. The van der Waals surface area contributed by atoms with Crippen LogP contribution in [0.3, 0.4) is 0 Å². The van der Waals surface area contributed by atoms with Crippen LogP contribution in [0.25, 0.3) is 0 Å². The lowest BCUT2D eigenvalue weighted by molar-refractivity contribution is -0.384. The molecule has 0 radical (unpaired) electrons. The number of nitrogens with one attached hydrogen (secondary N) is 2. The van der Waals surface area contributed by atoms with Gasteiger partial charge < -0.3 is 15.5 Å². The van der Waals surface area contributed by atoms with Crippen molar-refractivity contribution in [3.63, 3.8) is 0 Å². The molecule has 2 aromatic carbocycles. The van der Waals surface area contributed by atoms with Gasteiger partial charge in [-0.05, 0) is 23.8 Å². The molecular weight excluding hydrogens is 308 g/mol. The molecule has 0 atom stereocenters. The number of nitro benzene ring substituents is 1. The van der Waals surface area contributed by atoms with Crippen LogP contribution in [0.1, 0.15) is 15.9 Å². The summed E-state index contributed by atoms with van der Waals surface area (Å²) < 4.78 is 0. The van der Waals surface area contributed by atoms with E-state index in [0.717, 1.165) is 11.3 Å². The van der Waals surface area contributed by atoms with Crippen molar-refractivity contribution in [1.29, 1.82) is 0 Å². The number of fused-ring (bicyclic) bond motifs is 1. The lowest BCUT2D eigenvalue weighted by atomic mass is 10.1. The minimum atomic E-state index is -0.438. The number of benzene rings is 2. The highest BCUT2D eigenvalue weighted by Crippen LogP contribution is 2.32. The number of para-hydroxylation sites is 1. The third kappa shape index (κ3) is 3.01. The SMILES string of the molecule is CNC(=O)c1ccc(N2CCNc3ccccc3C2)c([N+](=O)[O-])c1. The Hall–Kier alpha value is -3.09. The van der Waals surface area contributed by atoms with Crippen LogP contribution in [0, 0.1) is 10.1 Å². The number of hydrogen-bond acceptors (Lipinski definition) is 5. The predicted octanol–water partition coefficient (Wildman–Crippen LogP) is 2.39. The lowest BCUT2D eigenvalue weighted by Gasteiger charge is -2.22. The smallest absolute Gasteiger partial charge is 0.293 e. The van der Waals surface area contributed by atoms with Crippen LogP contribution >= 0.6 is 0 Å². The Labute approximate surface area is 139 Å². The first-order valence-electron chi connectivity index (χ1n) is 7.67. The largest absolute Gasteiger partial charge is 0.383 e. The normalized spacial score (nSPS) is 13.5. The van der Waals surface area contributed by atoms with E-state index in [-0.39, 0.29) is 17.2 Å². The van der Waals surface area contributed by atoms with Gasteiger partial charge in [0.2, 0.25) is 0 Å². The summed E-state index contributed by atoms with van der Waals surface area (Å²) in [5, 5.41) is 17.3. The second-order valence-electron chi connectivity index (χ2n) is 5.55. The molecule has 2 N–H and O–H groups in total. The van der Waals surface area contributed by atoms with Gasteiger partial charge in [-0.3, -0.25) is 14.9 Å². The van der Waals surface area contributed by atoms with Gasteiger partial charge in [-0.2, -0.15) is 0 Å². The van der Waals surface area contributed by atoms with E-state index in [4.69, 9.17) is 0 Å². The summed E-state index contributed by atoms with van der Waals surface area (Å²) in [6.45, 7) is 1.89. The number of rotatable bonds is 3. The highest BCUT2D eigenvalue weighted by Gasteiger charge is 2.23. The van der Waals surface area contributed by atoms with Gasteiger partial charge in [-0.25, -0.2) is 0 Å². The summed E-state index contributed by atoms with van der Waals surface area (Å²) in [5.41, 5.74) is 2.87. The fourth-order valence-electron chi connectivity index (χ4n) is 2.87. The van der Waals surface area contributed by atoms with Crippen molar-refractivity contribution in [3.8, 4) is 0 Å². The van der Waals surface area contributed by atoms with Crippen LogP contribution in [0.2, 0.25) is 0 Å². The van der Waals surface area contributed by atoms with Gasteiger partial charge in [-0.1, -0.05) is 18.2 Å². The lowest BCUT2D eigenvalue weighted by Crippen LogP contribution is -2.26. The number of hydrogen-bond donors (Lipinski definition) is 2. The van der Waals surface area contributed by atoms with E-state index in [1.54, 1.807) is 12.1 Å². The summed E-state index contributed by atoms with van der Waals surface area (Å²) in [5.74, 6) is -0.340. The molecule has 3 rings (SSSR count). The van der Waals surface area contributed by atoms with Gasteiger partial charge in [0.1, 0.15) is 5.69 Å². The van der Waals surface area contributed by atoms with Gasteiger partial charge in [0.05, 0.1) is 4.92 Å². The Bertz CT molecular complexity index is 791. The first kappa shape index (κ1) is 15.8. The predicted molar refractivity (Wildman–Crippen MR) is 92.5 cm³/mol. The van der Waals surface area contributed by atoms with Crippen LogP contribution in [-0.2, 0) is 6.54 Å². The molecule has 0 spiro atoms. The first-order valence-corrected chi connectivity index (χ1v) is 7.67. The van der Waals surface area contributed by atoms with E-state index < -0.39 is 4.92 Å². The summed E-state index contributed by atoms with van der Waals surface area (Å²) in [4.78, 5) is 24.8. The summed E-state index contributed by atoms with van der Waals surface area (Å²) in [6, 6.07) is 12.5. The Kier molecular flexibility index (Phi) is 4.33. The maximum atomic E-state index is 11.7. The number of anilines is 2. The van der Waals surface area contributed by atoms with Gasteiger partial charge >= 0.3 is 0 Å². The zero-order chi connectivity index (χ0) is 17.1. The molecule has 0 saturated heterocycles. The first-order chi connectivity index (χ1) is 11.6. The maximum Gasteiger partial charge on any atom is 0.293 e. The van der Waals surface area contributed by atoms with Gasteiger partial charge in [0.15, 0.2) is 0 Å². The zero-order valence-corrected chi connectivity index (χ0v) is 13.3. The zero-order valence-electron chi connectivity index (χ0n) is 13.3. The third-order valence-corrected chi connectivity index (χ3v) is 4.08. The third-order valence-electron chi connectivity index (χ3n) is 4.08. The quantitative estimate of drug-likeness (QED) is 0.668. The molecule has 24 heavy (non-hydrogen) atoms. The molecule has 0 aliphatic carbocycles. The minimum Gasteiger partial charge on any atom is -0.383 e. The van der Waals surface area contributed by atoms with Crippen molar-refractivity contribution in [1.82, 2.24) is 5.32 Å². The fourth-order valence-corrected chi connectivity index (χ4v) is 2.87. The maximum absolute atomic E-state index is 11.7. The number of amides is 1. The van der Waals surface area contributed by atoms with Gasteiger partial charge in [0.25, 0.3) is 11.6 Å². The van der Waals surface area contributed by atoms with E-state index in [1.165, 1.54) is 13.1 Å². The van der Waals surface area contributed by atoms with Crippen molar-refractivity contribution in [3.05, 3.63) is 63.7 Å². The van der Waals surface area contributed by atoms with E-state index in [1.807, 2.05) is 29.2 Å². The standard InChI is InChI=1S/C17H18N4O3/c1-18-17(22)12-6-7-15(16(10-12)21(23)24)20-9-8-19-14-5-3-2-4-13(14)11-20/h2-7,10,19H,8-9,11H2,1H3,(H,18,22). The Morgan fingerprint density at radius 2 is 2.08 bits per heavy atom. The van der Waals surface area contributed by atoms with Crippen LogP contribution in [0.15, 0.2) is 42.5 Å². The van der Waals surface area contributed by atoms with Gasteiger partial charge in [0, 0.05) is 44.0 Å². The summed E-state index contributed by atoms with van der Waals surface area (Å²) in [6.07, 6.45) is 0. The Balaban J connectivity index is 1.99. The molecule has 0 saturated carbocycles. The second-order valence-corrected chi connectivity index (χ2v) is 5.55. The highest BCUT2D eigenvalue weighted by molar-refractivity contribution is 5.95. The van der Waals surface area contributed by atoms with E-state index >= 15 is 0 Å². The molecule has 1 aliphatic rings. The molecule has 124 valence electrons. The summed E-state index contributed by atoms with van der Waals surface area (Å²) in [7, 11) is 1.50. The number of carbonyl (C=O) groups is 1. The monoisotopic (exact) mass is 326 g/mol. The molecule has 0 unspecified atom stereocenters. The molecule has 7 heteroatoms. The minimum absolute atomic E-state index is 0.0597. The van der Waals surface area contributed by atoms with E-state index in [9.17, 15) is 14.9 Å². The second kappa shape index (κ2) is 6.57. The van der Waals surface area contributed by atoms with Crippen molar-refractivity contribution >= 4 is 23.0 Å². The molecule has 1 aliphatic heterocycles. The topological polar surface area (TPSA) is 87.5 Å². The van der Waals surface area contributed by atoms with Crippen molar-refractivity contribution < 1.29 is 9.72 Å². The Morgan fingerprint density at radius 1 is 1.29 bits per heavy atom. The molecule has 1 amide bonds. The van der Waals surface area contributed by atoms with E-state index in [0.29, 0.717) is 25.3 Å². The van der Waals surface area contributed by atoms with Crippen molar-refractivity contribution in [2.45, 2.75) is 6.54 Å². The van der Waals surface area contributed by atoms with E-state index in [2.05, 4.69) is 10.6 Å². The molecule has 0 bridgehead atoms. The van der Waals surface area contributed by atoms with Crippen LogP contribution in [0.4, 0.5) is 17.1 Å². The number of carbonyl (C=O) groups excluding carboxylic acids is 1. The summed E-state index contributed by atoms with van der Waals surface area (Å²) >= 11 is 0. The fraction of sp³-hybridized carbons (Fsp3) is 0.235. The van der Waals surface area contributed by atoms with Crippen LogP contribution in [-0.4, -0.2) is 31.0 Å². The molecule has 1 heterocycles. The number of nitrogens with zero attached hydrogens (tertiary/aromatic N) is 2. The molecule has 0 fully saturated rings. The van der Waals surface area contributed by atoms with Gasteiger partial charge in [-0.15, -0.1) is 0 Å². The van der Waals surface area contributed by atoms with Crippen LogP contribution < -0.4 is 15.5 Å². The average molecular weight is 326 g/mol. The van der Waals surface area contributed by atoms with Crippen LogP contribution in [0.5, 0.6) is 0 Å². The molecule has 2 aromatic rings. The molecule has 7 nitrogen and oxygen atoms in total. The van der Waals surface area contributed by atoms with Crippen molar-refractivity contribution in [2.24, 2.45) is 0 Å². The van der Waals surface area contributed by atoms with Crippen molar-refractivity contribution in [2.75, 3.05) is 30.4 Å². The molecular formula is C17H18N4O3. The average Bonchev–Trinajstić information content (AvgIpc) is 2.82. The highest BCUT2D eigenvalue weighted by atomic mass is 16.6. The Morgan fingerprint density at radius 3 is 2.83 bits per heavy atom. The molecule has 0 aromatic heterocycles.